The number of nitrogens with zero attached hydrogens (tertiary/aromatic N) is 1. The van der Waals surface area contributed by atoms with Gasteiger partial charge in [0.15, 0.2) is 18.1 Å². The van der Waals surface area contributed by atoms with Gasteiger partial charge in [0.2, 0.25) is 0 Å². The first-order valence-corrected chi connectivity index (χ1v) is 14.3. The minimum absolute atomic E-state index is 0.226. The van der Waals surface area contributed by atoms with Crippen LogP contribution in [0.25, 0.3) is 0 Å². The van der Waals surface area contributed by atoms with Crippen LogP contribution in [0.5, 0.6) is 0 Å². The molecule has 0 fully saturated rings. The third-order valence-corrected chi connectivity index (χ3v) is 7.77. The van der Waals surface area contributed by atoms with E-state index in [1.807, 2.05) is 0 Å². The topological polar surface area (TPSA) is 112 Å². The molecule has 0 rings (SSSR count). The Hall–Kier alpha value is -1.89. The molecule has 0 aromatic rings. The Labute approximate surface area is 219 Å². The molecule has 0 aromatic carbocycles. The van der Waals surface area contributed by atoms with Gasteiger partial charge in [-0.15, -0.1) is 0 Å². The summed E-state index contributed by atoms with van der Waals surface area (Å²) in [4.78, 5) is 35.4. The molecule has 0 saturated heterocycles. The average molecular weight is 513 g/mol. The highest BCUT2D eigenvalue weighted by Crippen LogP contribution is 2.27. The van der Waals surface area contributed by atoms with E-state index in [1.54, 1.807) is 0 Å². The van der Waals surface area contributed by atoms with Crippen molar-refractivity contribution in [1.82, 2.24) is 0 Å². The molecule has 0 aliphatic rings. The highest BCUT2D eigenvalue weighted by molar-refractivity contribution is 5.77. The number of hydrogen-bond donors (Lipinski definition) is 3. The van der Waals surface area contributed by atoms with Crippen LogP contribution in [-0.4, -0.2) is 62.4 Å². The maximum absolute atomic E-state index is 11.8. The number of hydrogen-bond acceptors (Lipinski definition) is 3. The molecular formula is C29H54NO6+. The molecule has 0 spiro atoms. The van der Waals surface area contributed by atoms with Crippen LogP contribution in [0.3, 0.4) is 0 Å². The number of carboxylic acid groups (broad SMARTS) is 3. The SMILES string of the molecule is CCC/C=C/CCCCCCCCCCCCCCC[N+](C(C)C(=O)O)(C(C)C(=O)O)C(C)C(=O)O. The summed E-state index contributed by atoms with van der Waals surface area (Å²) in [5, 5.41) is 28.9. The normalized spacial score (nSPS) is 15.9. The van der Waals surface area contributed by atoms with E-state index in [1.165, 1.54) is 97.8 Å². The molecule has 0 aliphatic heterocycles. The molecular weight excluding hydrogens is 458 g/mol. The Kier molecular flexibility index (Phi) is 19.1. The molecule has 7 heteroatoms. The number of rotatable bonds is 24. The fraction of sp³-hybridized carbons (Fsp3) is 0.828. The molecule has 210 valence electrons. The summed E-state index contributed by atoms with van der Waals surface area (Å²) in [7, 11) is 0. The van der Waals surface area contributed by atoms with Crippen LogP contribution in [-0.2, 0) is 14.4 Å². The lowest BCUT2D eigenvalue weighted by molar-refractivity contribution is -0.968. The quantitative estimate of drug-likeness (QED) is 0.0726. The molecule has 36 heavy (non-hydrogen) atoms. The van der Waals surface area contributed by atoms with Crippen LogP contribution in [0.1, 0.15) is 130 Å². The second kappa shape index (κ2) is 20.2. The zero-order valence-corrected chi connectivity index (χ0v) is 23.4. The summed E-state index contributed by atoms with van der Waals surface area (Å²) < 4.78 is -0.477. The molecule has 0 aromatic heterocycles. The second-order valence-corrected chi connectivity index (χ2v) is 10.4. The molecule has 0 aliphatic carbocycles. The van der Waals surface area contributed by atoms with Gasteiger partial charge in [0.05, 0.1) is 6.54 Å². The Morgan fingerprint density at radius 3 is 1.19 bits per heavy atom. The first-order chi connectivity index (χ1) is 17.1. The van der Waals surface area contributed by atoms with Gasteiger partial charge in [0.1, 0.15) is 0 Å². The fourth-order valence-electron chi connectivity index (χ4n) is 5.20. The molecule has 0 amide bonds. The molecule has 3 atom stereocenters. The van der Waals surface area contributed by atoms with E-state index in [2.05, 4.69) is 19.1 Å². The first kappa shape index (κ1) is 34.1. The van der Waals surface area contributed by atoms with Crippen molar-refractivity contribution in [2.75, 3.05) is 6.54 Å². The van der Waals surface area contributed by atoms with Crippen molar-refractivity contribution < 1.29 is 34.2 Å². The van der Waals surface area contributed by atoms with Gasteiger partial charge in [0, 0.05) is 0 Å². The monoisotopic (exact) mass is 512 g/mol. The largest absolute Gasteiger partial charge is 0.477 e. The zero-order valence-electron chi connectivity index (χ0n) is 23.4. The summed E-state index contributed by atoms with van der Waals surface area (Å²) in [6.07, 6.45) is 23.4. The van der Waals surface area contributed by atoms with Crippen LogP contribution in [0.2, 0.25) is 0 Å². The second-order valence-electron chi connectivity index (χ2n) is 10.4. The number of unbranched alkanes of at least 4 members (excludes halogenated alkanes) is 14. The lowest BCUT2D eigenvalue weighted by Gasteiger charge is -2.47. The van der Waals surface area contributed by atoms with Crippen molar-refractivity contribution in [1.29, 1.82) is 0 Å². The van der Waals surface area contributed by atoms with E-state index in [0.717, 1.165) is 19.3 Å². The number of allylic oxidation sites excluding steroid dienone is 2. The third kappa shape index (κ3) is 12.9. The minimum Gasteiger partial charge on any atom is -0.477 e. The Bertz CT molecular complexity index is 597. The van der Waals surface area contributed by atoms with E-state index in [9.17, 15) is 29.7 Å². The Morgan fingerprint density at radius 2 is 0.861 bits per heavy atom. The molecule has 7 nitrogen and oxygen atoms in total. The number of carboxylic acids is 3. The Morgan fingerprint density at radius 1 is 0.556 bits per heavy atom. The molecule has 3 unspecified atom stereocenters. The number of carbonyl (C=O) groups is 3. The van der Waals surface area contributed by atoms with Gasteiger partial charge in [-0.3, -0.25) is 4.48 Å². The fourth-order valence-corrected chi connectivity index (χ4v) is 5.20. The summed E-state index contributed by atoms with van der Waals surface area (Å²) in [5.74, 6) is -3.51. The van der Waals surface area contributed by atoms with Gasteiger partial charge in [-0.25, -0.2) is 14.4 Å². The molecule has 0 heterocycles. The summed E-state index contributed by atoms with van der Waals surface area (Å²) in [6, 6.07) is -3.36. The number of aliphatic carboxylic acids is 3. The minimum atomic E-state index is -1.17. The predicted molar refractivity (Wildman–Crippen MR) is 145 cm³/mol. The van der Waals surface area contributed by atoms with Crippen LogP contribution in [0.4, 0.5) is 0 Å². The lowest BCUT2D eigenvalue weighted by atomic mass is 10.00. The van der Waals surface area contributed by atoms with Gasteiger partial charge >= 0.3 is 17.9 Å². The van der Waals surface area contributed by atoms with Gasteiger partial charge < -0.3 is 15.3 Å². The van der Waals surface area contributed by atoms with Crippen molar-refractivity contribution in [2.24, 2.45) is 0 Å². The molecule has 3 N–H and O–H groups in total. The van der Waals surface area contributed by atoms with Gasteiger partial charge in [-0.1, -0.05) is 89.7 Å². The zero-order chi connectivity index (χ0) is 27.4. The van der Waals surface area contributed by atoms with Crippen molar-refractivity contribution in [2.45, 2.75) is 149 Å². The van der Waals surface area contributed by atoms with Gasteiger partial charge in [-0.2, -0.15) is 0 Å². The smallest absolute Gasteiger partial charge is 0.362 e. The maximum Gasteiger partial charge on any atom is 0.362 e. The molecule has 0 bridgehead atoms. The van der Waals surface area contributed by atoms with E-state index < -0.39 is 40.5 Å². The van der Waals surface area contributed by atoms with Crippen molar-refractivity contribution >= 4 is 17.9 Å². The first-order valence-electron chi connectivity index (χ1n) is 14.3. The maximum atomic E-state index is 11.8. The van der Waals surface area contributed by atoms with Gasteiger partial charge in [-0.05, 0) is 52.9 Å². The predicted octanol–water partition coefficient (Wildman–Crippen LogP) is 7.04. The van der Waals surface area contributed by atoms with Crippen molar-refractivity contribution in [3.05, 3.63) is 12.2 Å². The highest BCUT2D eigenvalue weighted by atomic mass is 16.4. The van der Waals surface area contributed by atoms with E-state index in [0.29, 0.717) is 6.42 Å². The highest BCUT2D eigenvalue weighted by Gasteiger charge is 2.52. The average Bonchev–Trinajstić information content (AvgIpc) is 2.84. The van der Waals surface area contributed by atoms with Crippen molar-refractivity contribution in [3.63, 3.8) is 0 Å². The summed E-state index contributed by atoms with van der Waals surface area (Å²) in [6.45, 7) is 6.70. The van der Waals surface area contributed by atoms with E-state index in [4.69, 9.17) is 0 Å². The standard InChI is InChI=1S/C29H53NO6/c1-5-6-7-8-9-10-11-12-13-14-15-16-17-18-19-20-21-22-23-30(24(2)27(31)32,25(3)28(33)34)26(4)29(35)36/h7-8,24-26H,5-6,9-23H2,1-4H3,(H2-,31,32,33,34,35,36)/p+1/b8-7+. The molecule has 0 saturated carbocycles. The van der Waals surface area contributed by atoms with Gasteiger partial charge in [0.25, 0.3) is 0 Å². The van der Waals surface area contributed by atoms with Crippen LogP contribution in [0.15, 0.2) is 12.2 Å². The molecule has 0 radical (unpaired) electrons. The van der Waals surface area contributed by atoms with E-state index in [-0.39, 0.29) is 6.54 Å². The Balaban J connectivity index is 4.18. The summed E-state index contributed by atoms with van der Waals surface area (Å²) in [5.41, 5.74) is 0. The third-order valence-electron chi connectivity index (χ3n) is 7.77. The van der Waals surface area contributed by atoms with Crippen LogP contribution < -0.4 is 0 Å². The summed E-state index contributed by atoms with van der Waals surface area (Å²) >= 11 is 0. The lowest BCUT2D eigenvalue weighted by Crippen LogP contribution is -2.70. The van der Waals surface area contributed by atoms with E-state index >= 15 is 0 Å². The number of quaternary nitrogens is 1. The van der Waals surface area contributed by atoms with Crippen LogP contribution in [0, 0.1) is 0 Å². The van der Waals surface area contributed by atoms with Crippen molar-refractivity contribution in [3.8, 4) is 0 Å². The van der Waals surface area contributed by atoms with Crippen LogP contribution >= 0.6 is 0 Å².